The molecule has 2 aromatic carbocycles. The summed E-state index contributed by atoms with van der Waals surface area (Å²) < 4.78 is 61.8. The average molecular weight is 414 g/mol. The van der Waals surface area contributed by atoms with Crippen LogP contribution in [0.25, 0.3) is 0 Å². The van der Waals surface area contributed by atoms with Crippen LogP contribution in [-0.4, -0.2) is 33.0 Å². The highest BCUT2D eigenvalue weighted by atomic mass is 32.2. The van der Waals surface area contributed by atoms with E-state index in [-0.39, 0.29) is 28.7 Å². The SMILES string of the molecule is CC(=O)Nc1cccc(S(=O)(=O)c2ccc(CCNC(=O)C(F)(F)F)cc2)c1. The first kappa shape index (κ1) is 21.4. The molecule has 2 rings (SSSR count). The first-order valence-corrected chi connectivity index (χ1v) is 9.55. The van der Waals surface area contributed by atoms with Gasteiger partial charge in [-0.1, -0.05) is 18.2 Å². The zero-order valence-electron chi connectivity index (χ0n) is 14.7. The molecule has 2 amide bonds. The molecule has 0 bridgehead atoms. The number of hydrogen-bond acceptors (Lipinski definition) is 4. The van der Waals surface area contributed by atoms with Crippen molar-refractivity contribution in [2.24, 2.45) is 0 Å². The predicted molar refractivity (Wildman–Crippen MR) is 95.4 cm³/mol. The third-order valence-corrected chi connectivity index (χ3v) is 5.42. The van der Waals surface area contributed by atoms with E-state index in [0.29, 0.717) is 11.3 Å². The van der Waals surface area contributed by atoms with Gasteiger partial charge in [0.1, 0.15) is 0 Å². The van der Waals surface area contributed by atoms with E-state index in [0.717, 1.165) is 0 Å². The summed E-state index contributed by atoms with van der Waals surface area (Å²) in [6, 6.07) is 11.4. The summed E-state index contributed by atoms with van der Waals surface area (Å²) in [4.78, 5) is 21.9. The van der Waals surface area contributed by atoms with E-state index in [4.69, 9.17) is 0 Å². The van der Waals surface area contributed by atoms with Crippen LogP contribution >= 0.6 is 0 Å². The topological polar surface area (TPSA) is 92.3 Å². The van der Waals surface area contributed by atoms with Crippen molar-refractivity contribution in [2.75, 3.05) is 11.9 Å². The van der Waals surface area contributed by atoms with Crippen LogP contribution in [0.1, 0.15) is 12.5 Å². The smallest absolute Gasteiger partial charge is 0.348 e. The molecule has 0 fully saturated rings. The van der Waals surface area contributed by atoms with Crippen molar-refractivity contribution in [2.45, 2.75) is 29.3 Å². The maximum absolute atomic E-state index is 12.7. The molecule has 2 N–H and O–H groups in total. The lowest BCUT2D eigenvalue weighted by molar-refractivity contribution is -0.173. The number of hydrogen-bond donors (Lipinski definition) is 2. The zero-order valence-corrected chi connectivity index (χ0v) is 15.5. The Hall–Kier alpha value is -2.88. The maximum atomic E-state index is 12.7. The van der Waals surface area contributed by atoms with Gasteiger partial charge < -0.3 is 10.6 Å². The van der Waals surface area contributed by atoms with Crippen molar-refractivity contribution in [3.63, 3.8) is 0 Å². The Bertz CT molecular complexity index is 971. The molecule has 0 heterocycles. The largest absolute Gasteiger partial charge is 0.471 e. The van der Waals surface area contributed by atoms with E-state index < -0.39 is 21.9 Å². The second kappa shape index (κ2) is 8.42. The molecular formula is C18H17F3N2O4S. The van der Waals surface area contributed by atoms with Crippen molar-refractivity contribution in [1.82, 2.24) is 5.32 Å². The first-order chi connectivity index (χ1) is 13.0. The van der Waals surface area contributed by atoms with Crippen LogP contribution in [0.5, 0.6) is 0 Å². The van der Waals surface area contributed by atoms with E-state index in [1.54, 1.807) is 11.4 Å². The predicted octanol–water partition coefficient (Wildman–Crippen LogP) is 2.70. The second-order valence-corrected chi connectivity index (χ2v) is 7.81. The number of anilines is 1. The summed E-state index contributed by atoms with van der Waals surface area (Å²) in [7, 11) is -3.84. The van der Waals surface area contributed by atoms with Gasteiger partial charge in [0.05, 0.1) is 9.79 Å². The summed E-state index contributed by atoms with van der Waals surface area (Å²) in [5, 5.41) is 4.25. The zero-order chi connectivity index (χ0) is 20.9. The molecule has 0 saturated carbocycles. The van der Waals surface area contributed by atoms with E-state index >= 15 is 0 Å². The molecule has 0 aliphatic rings. The Balaban J connectivity index is 2.09. The number of alkyl halides is 3. The maximum Gasteiger partial charge on any atom is 0.471 e. The molecule has 0 atom stereocenters. The molecule has 0 aliphatic carbocycles. The number of sulfone groups is 1. The van der Waals surface area contributed by atoms with Crippen LogP contribution in [0.15, 0.2) is 58.3 Å². The van der Waals surface area contributed by atoms with Gasteiger partial charge in [-0.05, 0) is 42.3 Å². The lowest BCUT2D eigenvalue weighted by Gasteiger charge is -2.09. The number of carbonyl (C=O) groups is 2. The molecule has 2 aromatic rings. The van der Waals surface area contributed by atoms with Crippen LogP contribution in [-0.2, 0) is 25.8 Å². The van der Waals surface area contributed by atoms with E-state index in [1.807, 2.05) is 0 Å². The summed E-state index contributed by atoms with van der Waals surface area (Å²) in [6.45, 7) is 1.07. The number of amides is 2. The molecule has 10 heteroatoms. The number of benzene rings is 2. The van der Waals surface area contributed by atoms with Crippen molar-refractivity contribution < 1.29 is 31.2 Å². The Morgan fingerprint density at radius 2 is 1.64 bits per heavy atom. The third kappa shape index (κ3) is 5.56. The van der Waals surface area contributed by atoms with Crippen molar-refractivity contribution in [3.8, 4) is 0 Å². The highest BCUT2D eigenvalue weighted by molar-refractivity contribution is 7.91. The number of halogens is 3. The molecule has 0 unspecified atom stereocenters. The fourth-order valence-corrected chi connectivity index (χ4v) is 3.64. The number of rotatable bonds is 6. The molecular weight excluding hydrogens is 397 g/mol. The van der Waals surface area contributed by atoms with Crippen molar-refractivity contribution >= 4 is 27.3 Å². The molecule has 0 aromatic heterocycles. The number of carbonyl (C=O) groups excluding carboxylic acids is 2. The quantitative estimate of drug-likeness (QED) is 0.760. The fourth-order valence-electron chi connectivity index (χ4n) is 2.34. The van der Waals surface area contributed by atoms with Gasteiger partial charge in [0.15, 0.2) is 0 Å². The van der Waals surface area contributed by atoms with Gasteiger partial charge in [-0.15, -0.1) is 0 Å². The summed E-state index contributed by atoms with van der Waals surface area (Å²) in [6.07, 6.45) is -4.83. The summed E-state index contributed by atoms with van der Waals surface area (Å²) in [5.74, 6) is -2.36. The van der Waals surface area contributed by atoms with Crippen molar-refractivity contribution in [1.29, 1.82) is 0 Å². The minimum atomic E-state index is -4.94. The van der Waals surface area contributed by atoms with Gasteiger partial charge in [0.25, 0.3) is 0 Å². The van der Waals surface area contributed by atoms with E-state index in [1.165, 1.54) is 49.4 Å². The Labute approximate surface area is 159 Å². The molecule has 0 radical (unpaired) electrons. The van der Waals surface area contributed by atoms with E-state index in [2.05, 4.69) is 5.32 Å². The highest BCUT2D eigenvalue weighted by Gasteiger charge is 2.38. The minimum absolute atomic E-state index is 0.00412. The minimum Gasteiger partial charge on any atom is -0.348 e. The van der Waals surface area contributed by atoms with Crippen molar-refractivity contribution in [3.05, 3.63) is 54.1 Å². The highest BCUT2D eigenvalue weighted by Crippen LogP contribution is 2.24. The van der Waals surface area contributed by atoms with Crippen LogP contribution in [0.2, 0.25) is 0 Å². The van der Waals surface area contributed by atoms with Crippen LogP contribution < -0.4 is 10.6 Å². The molecule has 0 saturated heterocycles. The fraction of sp³-hybridized carbons (Fsp3) is 0.222. The number of nitrogens with one attached hydrogen (secondary N) is 2. The van der Waals surface area contributed by atoms with Gasteiger partial charge in [0, 0.05) is 19.2 Å². The lowest BCUT2D eigenvalue weighted by Crippen LogP contribution is -2.37. The normalized spacial score (nSPS) is 11.7. The van der Waals surface area contributed by atoms with Gasteiger partial charge in [0.2, 0.25) is 15.7 Å². The van der Waals surface area contributed by atoms with Gasteiger partial charge >= 0.3 is 12.1 Å². The summed E-state index contributed by atoms with van der Waals surface area (Å²) >= 11 is 0. The lowest BCUT2D eigenvalue weighted by atomic mass is 10.1. The summed E-state index contributed by atoms with van der Waals surface area (Å²) in [5.41, 5.74) is 0.902. The molecule has 150 valence electrons. The van der Waals surface area contributed by atoms with Gasteiger partial charge in [-0.25, -0.2) is 8.42 Å². The monoisotopic (exact) mass is 414 g/mol. The Morgan fingerprint density at radius 1 is 1.00 bits per heavy atom. The standard InChI is InChI=1S/C18H17F3N2O4S/c1-12(24)23-14-3-2-4-16(11-14)28(26,27)15-7-5-13(6-8-15)9-10-22-17(25)18(19,20)21/h2-8,11H,9-10H2,1H3,(H,22,25)(H,23,24). The molecule has 0 spiro atoms. The Kier molecular flexibility index (Phi) is 6.45. The van der Waals surface area contributed by atoms with Crippen LogP contribution in [0.3, 0.4) is 0 Å². The molecule has 0 aliphatic heterocycles. The van der Waals surface area contributed by atoms with Gasteiger partial charge in [-0.2, -0.15) is 13.2 Å². The van der Waals surface area contributed by atoms with E-state index in [9.17, 15) is 31.2 Å². The average Bonchev–Trinajstić information content (AvgIpc) is 2.61. The third-order valence-electron chi connectivity index (χ3n) is 3.66. The van der Waals surface area contributed by atoms with Gasteiger partial charge in [-0.3, -0.25) is 9.59 Å². The van der Waals surface area contributed by atoms with Crippen LogP contribution in [0.4, 0.5) is 18.9 Å². The first-order valence-electron chi connectivity index (χ1n) is 8.07. The second-order valence-electron chi connectivity index (χ2n) is 5.86. The Morgan fingerprint density at radius 3 is 2.21 bits per heavy atom. The molecule has 28 heavy (non-hydrogen) atoms. The van der Waals surface area contributed by atoms with Crippen LogP contribution in [0, 0.1) is 0 Å². The molecule has 6 nitrogen and oxygen atoms in total.